The van der Waals surface area contributed by atoms with Crippen LogP contribution in [0.25, 0.3) is 0 Å². The largest absolute Gasteiger partial charge is 1.00 e. The van der Waals surface area contributed by atoms with Crippen LogP contribution in [-0.4, -0.2) is 22.5 Å². The molecule has 0 unspecified atom stereocenters. The van der Waals surface area contributed by atoms with Gasteiger partial charge in [0, 0.05) is 5.75 Å². The molecule has 0 aromatic rings. The zero-order valence-electron chi connectivity index (χ0n) is 7.10. The van der Waals surface area contributed by atoms with E-state index in [1.807, 2.05) is 0 Å². The number of hydrogen-bond acceptors (Lipinski definition) is 3. The van der Waals surface area contributed by atoms with E-state index in [1.165, 1.54) is 0 Å². The summed E-state index contributed by atoms with van der Waals surface area (Å²) < 4.78 is 28.9. The fraction of sp³-hybridized carbons (Fsp3) is 1.00. The Hall–Kier alpha value is 1.78. The molecule has 0 spiro atoms. The molecule has 0 bridgehead atoms. The summed E-state index contributed by atoms with van der Waals surface area (Å²) >= 11 is 16.2. The minimum absolute atomic E-state index is 0. The summed E-state index contributed by atoms with van der Waals surface area (Å²) in [6.45, 7) is 0. The predicted octanol–water partition coefficient (Wildman–Crippen LogP) is -0.924. The molecule has 13 heavy (non-hydrogen) atoms. The van der Waals surface area contributed by atoms with Gasteiger partial charge in [0.05, 0.1) is 10.1 Å². The van der Waals surface area contributed by atoms with Gasteiger partial charge in [-0.15, -0.1) is 0 Å². The van der Waals surface area contributed by atoms with Crippen molar-refractivity contribution >= 4 is 44.9 Å². The van der Waals surface area contributed by atoms with Gasteiger partial charge in [-0.25, -0.2) is 8.42 Å². The molecule has 0 heterocycles. The van der Waals surface area contributed by atoms with Crippen LogP contribution in [0.15, 0.2) is 0 Å². The first-order chi connectivity index (χ1) is 5.21. The van der Waals surface area contributed by atoms with E-state index in [1.54, 1.807) is 0 Å². The molecule has 0 saturated heterocycles. The zero-order valence-corrected chi connectivity index (χ0v) is 12.2. The smallest absolute Gasteiger partial charge is 0.748 e. The molecule has 0 aromatic heterocycles. The van der Waals surface area contributed by atoms with Gasteiger partial charge in [0.1, 0.15) is 0 Å². The van der Waals surface area contributed by atoms with Crippen molar-refractivity contribution in [3.63, 3.8) is 0 Å². The Morgan fingerprint density at radius 1 is 1.15 bits per heavy atom. The second-order valence-corrected chi connectivity index (χ2v) is 6.37. The van der Waals surface area contributed by atoms with Crippen molar-refractivity contribution in [3.05, 3.63) is 0 Å². The minimum Gasteiger partial charge on any atom is -0.748 e. The molecule has 8 heteroatoms. The summed E-state index contributed by atoms with van der Waals surface area (Å²) in [4.78, 5) is 0. The number of rotatable bonds is 4. The number of alkyl halides is 3. The van der Waals surface area contributed by atoms with Crippen molar-refractivity contribution in [3.8, 4) is 0 Å². The zero-order chi connectivity index (χ0) is 9.83. The van der Waals surface area contributed by atoms with Gasteiger partial charge in [-0.3, -0.25) is 0 Å². The molecule has 0 fully saturated rings. The van der Waals surface area contributed by atoms with E-state index >= 15 is 0 Å². The topological polar surface area (TPSA) is 57.2 Å². The van der Waals surface area contributed by atoms with Crippen molar-refractivity contribution in [2.45, 2.75) is 23.1 Å². The van der Waals surface area contributed by atoms with Gasteiger partial charge < -0.3 is 4.55 Å². The summed E-state index contributed by atoms with van der Waals surface area (Å²) in [5.41, 5.74) is 0. The van der Waals surface area contributed by atoms with Crippen LogP contribution < -0.4 is 29.6 Å². The molecule has 0 rings (SSSR count). The number of hydrogen-bond donors (Lipinski definition) is 0. The van der Waals surface area contributed by atoms with Crippen molar-refractivity contribution in [2.75, 3.05) is 5.75 Å². The normalized spacial score (nSPS) is 12.3. The van der Waals surface area contributed by atoms with Gasteiger partial charge in [-0.2, -0.15) is 0 Å². The average molecular weight is 278 g/mol. The Bertz CT molecular complexity index is 224. The number of halogens is 3. The SMILES string of the molecule is O=S(=O)([O-])CCCCC(Cl)(Cl)Cl.[Na+]. The standard InChI is InChI=1S/C5H9Cl3O3S.Na/c6-5(7,8)3-1-2-4-12(9,10)11;/h1-4H2,(H,9,10,11);/q;+1/p-1. The van der Waals surface area contributed by atoms with Gasteiger partial charge in [-0.05, 0) is 19.3 Å². The summed E-state index contributed by atoms with van der Waals surface area (Å²) in [5, 5.41) is 0. The van der Waals surface area contributed by atoms with Crippen LogP contribution in [0.1, 0.15) is 19.3 Å². The van der Waals surface area contributed by atoms with Gasteiger partial charge in [-0.1, -0.05) is 34.8 Å². The van der Waals surface area contributed by atoms with Crippen LogP contribution in [0.3, 0.4) is 0 Å². The molecule has 0 amide bonds. The second kappa shape index (κ2) is 7.12. The fourth-order valence-electron chi connectivity index (χ4n) is 0.604. The van der Waals surface area contributed by atoms with E-state index in [2.05, 4.69) is 0 Å². The van der Waals surface area contributed by atoms with Crippen LogP contribution in [-0.2, 0) is 10.1 Å². The first-order valence-corrected chi connectivity index (χ1v) is 5.92. The van der Waals surface area contributed by atoms with Crippen molar-refractivity contribution < 1.29 is 42.5 Å². The van der Waals surface area contributed by atoms with Crippen LogP contribution in [0, 0.1) is 0 Å². The summed E-state index contributed by atoms with van der Waals surface area (Å²) in [6, 6.07) is 0. The minimum atomic E-state index is -4.12. The first-order valence-electron chi connectivity index (χ1n) is 3.21. The quantitative estimate of drug-likeness (QED) is 0.289. The Balaban J connectivity index is 0. The maximum Gasteiger partial charge on any atom is 1.00 e. The molecule has 0 aromatic carbocycles. The molecule has 0 aliphatic rings. The maximum absolute atomic E-state index is 10.1. The van der Waals surface area contributed by atoms with Crippen LogP contribution in [0.4, 0.5) is 0 Å². The summed E-state index contributed by atoms with van der Waals surface area (Å²) in [5.74, 6) is -0.395. The first kappa shape index (κ1) is 17.2. The third-order valence-corrected chi connectivity index (χ3v) is 2.46. The van der Waals surface area contributed by atoms with Gasteiger partial charge in [0.2, 0.25) is 0 Å². The van der Waals surface area contributed by atoms with Crippen LogP contribution in [0.5, 0.6) is 0 Å². The fourth-order valence-corrected chi connectivity index (χ4v) is 1.56. The van der Waals surface area contributed by atoms with E-state index < -0.39 is 19.7 Å². The second-order valence-electron chi connectivity index (χ2n) is 2.33. The molecule has 0 aliphatic carbocycles. The Morgan fingerprint density at radius 2 is 1.62 bits per heavy atom. The third-order valence-electron chi connectivity index (χ3n) is 1.10. The Kier molecular flexibility index (Phi) is 9.41. The molecule has 0 atom stereocenters. The van der Waals surface area contributed by atoms with E-state index in [9.17, 15) is 13.0 Å². The van der Waals surface area contributed by atoms with E-state index in [-0.39, 0.29) is 42.4 Å². The van der Waals surface area contributed by atoms with Gasteiger partial charge in [0.15, 0.2) is 3.79 Å². The average Bonchev–Trinajstić information content (AvgIpc) is 1.76. The monoisotopic (exact) mass is 276 g/mol. The molecule has 0 radical (unpaired) electrons. The molecule has 3 nitrogen and oxygen atoms in total. The van der Waals surface area contributed by atoms with Crippen LogP contribution in [0.2, 0.25) is 0 Å². The van der Waals surface area contributed by atoms with E-state index in [0.29, 0.717) is 6.42 Å². The maximum atomic E-state index is 10.1. The van der Waals surface area contributed by atoms with Crippen molar-refractivity contribution in [2.24, 2.45) is 0 Å². The molecular formula is C5H8Cl3NaO3S. The molecule has 0 N–H and O–H groups in total. The van der Waals surface area contributed by atoms with E-state index in [4.69, 9.17) is 34.8 Å². The molecule has 0 aliphatic heterocycles. The summed E-state index contributed by atoms with van der Waals surface area (Å²) in [6.07, 6.45) is 0.908. The summed E-state index contributed by atoms with van der Waals surface area (Å²) in [7, 11) is -4.12. The van der Waals surface area contributed by atoms with Crippen molar-refractivity contribution in [1.82, 2.24) is 0 Å². The van der Waals surface area contributed by atoms with Crippen molar-refractivity contribution in [1.29, 1.82) is 0 Å². The molecule has 74 valence electrons. The van der Waals surface area contributed by atoms with Gasteiger partial charge >= 0.3 is 29.6 Å². The molecule has 0 saturated carbocycles. The molecular weight excluding hydrogens is 269 g/mol. The van der Waals surface area contributed by atoms with Gasteiger partial charge in [0.25, 0.3) is 0 Å². The number of unbranched alkanes of at least 4 members (excludes halogenated alkanes) is 1. The third kappa shape index (κ3) is 16.5. The Labute approximate surface area is 115 Å². The Morgan fingerprint density at radius 3 is 1.92 bits per heavy atom. The van der Waals surface area contributed by atoms with E-state index in [0.717, 1.165) is 0 Å². The predicted molar refractivity (Wildman–Crippen MR) is 48.7 cm³/mol. The van der Waals surface area contributed by atoms with Crippen LogP contribution >= 0.6 is 34.8 Å².